The summed E-state index contributed by atoms with van der Waals surface area (Å²) in [6.45, 7) is 5.96. The maximum absolute atomic E-state index is 12.7. The molecule has 3 aromatic rings. The van der Waals surface area contributed by atoms with Crippen molar-refractivity contribution in [3.63, 3.8) is 0 Å². The molecule has 0 bridgehead atoms. The van der Waals surface area contributed by atoms with Crippen LogP contribution < -0.4 is 10.1 Å². The minimum Gasteiger partial charge on any atom is -0.497 e. The lowest BCUT2D eigenvalue weighted by Gasteiger charge is -2.30. The van der Waals surface area contributed by atoms with Crippen molar-refractivity contribution in [1.82, 2.24) is 9.29 Å². The van der Waals surface area contributed by atoms with E-state index in [1.807, 2.05) is 12.1 Å². The van der Waals surface area contributed by atoms with Gasteiger partial charge in [0.15, 0.2) is 5.13 Å². The molecule has 1 aliphatic heterocycles. The van der Waals surface area contributed by atoms with Gasteiger partial charge in [-0.05, 0) is 80.1 Å². The molecule has 7 heteroatoms. The fourth-order valence-electron chi connectivity index (χ4n) is 3.63. The van der Waals surface area contributed by atoms with Gasteiger partial charge >= 0.3 is 0 Å². The second-order valence-corrected chi connectivity index (χ2v) is 9.58. The fourth-order valence-corrected chi connectivity index (χ4v) is 5.50. The van der Waals surface area contributed by atoms with Gasteiger partial charge in [0.1, 0.15) is 5.75 Å². The van der Waals surface area contributed by atoms with E-state index in [9.17, 15) is 4.79 Å². The number of ether oxygens (including phenoxy) is 1. The van der Waals surface area contributed by atoms with Crippen LogP contribution in [-0.4, -0.2) is 35.4 Å². The molecule has 29 heavy (non-hydrogen) atoms. The van der Waals surface area contributed by atoms with Crippen LogP contribution in [0.4, 0.5) is 5.13 Å². The third-order valence-electron chi connectivity index (χ3n) is 5.17. The minimum atomic E-state index is 0.0394. The van der Waals surface area contributed by atoms with Crippen LogP contribution in [0.15, 0.2) is 41.3 Å². The molecular formula is C22H25N3O2S2. The lowest BCUT2D eigenvalue weighted by Crippen LogP contribution is -2.34. The summed E-state index contributed by atoms with van der Waals surface area (Å²) in [4.78, 5) is 18.6. The molecule has 152 valence electrons. The van der Waals surface area contributed by atoms with Crippen molar-refractivity contribution in [3.8, 4) is 5.75 Å². The van der Waals surface area contributed by atoms with Crippen LogP contribution in [0.3, 0.4) is 0 Å². The number of aryl methyl sites for hydroxylation is 2. The van der Waals surface area contributed by atoms with E-state index in [2.05, 4.69) is 52.7 Å². The van der Waals surface area contributed by atoms with Gasteiger partial charge in [-0.3, -0.25) is 4.79 Å². The van der Waals surface area contributed by atoms with E-state index in [-0.39, 0.29) is 11.8 Å². The Kier molecular flexibility index (Phi) is 6.08. The number of nitrogens with one attached hydrogen (secondary N) is 1. The molecule has 1 amide bonds. The number of piperidine rings is 1. The molecule has 1 aliphatic rings. The summed E-state index contributed by atoms with van der Waals surface area (Å²) in [6, 6.07) is 12.3. The molecular weight excluding hydrogens is 402 g/mol. The number of carbonyl (C=O) groups excluding carboxylic acids is 1. The van der Waals surface area contributed by atoms with Crippen LogP contribution in [0.1, 0.15) is 24.0 Å². The van der Waals surface area contributed by atoms with Crippen LogP contribution in [0.2, 0.25) is 0 Å². The van der Waals surface area contributed by atoms with Crippen molar-refractivity contribution >= 4 is 44.5 Å². The van der Waals surface area contributed by atoms with Crippen LogP contribution in [-0.2, 0) is 4.79 Å². The van der Waals surface area contributed by atoms with Crippen molar-refractivity contribution in [1.29, 1.82) is 0 Å². The van der Waals surface area contributed by atoms with E-state index in [4.69, 9.17) is 4.74 Å². The number of benzene rings is 2. The highest BCUT2D eigenvalue weighted by Gasteiger charge is 2.26. The van der Waals surface area contributed by atoms with Crippen LogP contribution in [0.5, 0.6) is 5.75 Å². The van der Waals surface area contributed by atoms with Crippen molar-refractivity contribution in [2.45, 2.75) is 31.6 Å². The number of hydrogen-bond acceptors (Lipinski definition) is 6. The summed E-state index contributed by atoms with van der Waals surface area (Å²) in [5, 5.41) is 3.76. The molecule has 2 aromatic carbocycles. The first-order valence-electron chi connectivity index (χ1n) is 9.77. The van der Waals surface area contributed by atoms with Gasteiger partial charge in [0.25, 0.3) is 0 Å². The molecule has 0 radical (unpaired) electrons. The fraction of sp³-hybridized carbons (Fsp3) is 0.364. The standard InChI is InChI=1S/C22H25N3O2S2/c1-14-12-15(2)20-19(13-14)23-22(28-20)24-21(26)16-8-10-25(11-9-16)29-18-6-4-17(27-3)5-7-18/h4-7,12-13,16H,8-11H2,1-3H3,(H,23,24,26). The summed E-state index contributed by atoms with van der Waals surface area (Å²) >= 11 is 3.31. The highest BCUT2D eigenvalue weighted by molar-refractivity contribution is 7.97. The Labute approximate surface area is 179 Å². The normalized spacial score (nSPS) is 15.6. The Morgan fingerprint density at radius 1 is 1.21 bits per heavy atom. The van der Waals surface area contributed by atoms with Crippen molar-refractivity contribution in [2.75, 3.05) is 25.5 Å². The van der Waals surface area contributed by atoms with Crippen molar-refractivity contribution in [3.05, 3.63) is 47.5 Å². The second kappa shape index (κ2) is 8.73. The maximum Gasteiger partial charge on any atom is 0.229 e. The van der Waals surface area contributed by atoms with Crippen LogP contribution in [0.25, 0.3) is 10.2 Å². The highest BCUT2D eigenvalue weighted by Crippen LogP contribution is 2.32. The molecule has 0 atom stereocenters. The number of amides is 1. The number of fused-ring (bicyclic) bond motifs is 1. The quantitative estimate of drug-likeness (QED) is 0.562. The van der Waals surface area contributed by atoms with Gasteiger partial charge in [-0.2, -0.15) is 0 Å². The molecule has 0 aliphatic carbocycles. The summed E-state index contributed by atoms with van der Waals surface area (Å²) in [7, 11) is 1.68. The minimum absolute atomic E-state index is 0.0394. The Morgan fingerprint density at radius 2 is 1.93 bits per heavy atom. The van der Waals surface area contributed by atoms with E-state index in [1.165, 1.54) is 16.0 Å². The third kappa shape index (κ3) is 4.74. The van der Waals surface area contributed by atoms with Crippen molar-refractivity contribution < 1.29 is 9.53 Å². The Hall–Kier alpha value is -2.09. The third-order valence-corrected chi connectivity index (χ3v) is 7.40. The average molecular weight is 428 g/mol. The maximum atomic E-state index is 12.7. The van der Waals surface area contributed by atoms with Crippen molar-refractivity contribution in [2.24, 2.45) is 5.92 Å². The van der Waals surface area contributed by atoms with Crippen LogP contribution >= 0.6 is 23.3 Å². The molecule has 1 aromatic heterocycles. The monoisotopic (exact) mass is 427 g/mol. The Morgan fingerprint density at radius 3 is 2.62 bits per heavy atom. The van der Waals surface area contributed by atoms with Gasteiger partial charge in [0, 0.05) is 23.9 Å². The molecule has 1 saturated heterocycles. The van der Waals surface area contributed by atoms with E-state index >= 15 is 0 Å². The average Bonchev–Trinajstić information content (AvgIpc) is 3.11. The second-order valence-electron chi connectivity index (χ2n) is 7.41. The number of thiazole rings is 1. The molecule has 0 unspecified atom stereocenters. The predicted octanol–water partition coefficient (Wildman–Crippen LogP) is 5.28. The number of anilines is 1. The molecule has 1 fully saturated rings. The van der Waals surface area contributed by atoms with Gasteiger partial charge in [0.05, 0.1) is 17.3 Å². The largest absolute Gasteiger partial charge is 0.497 e. The van der Waals surface area contributed by atoms with Gasteiger partial charge in [0.2, 0.25) is 5.91 Å². The number of methoxy groups -OCH3 is 1. The highest BCUT2D eigenvalue weighted by atomic mass is 32.2. The smallest absolute Gasteiger partial charge is 0.229 e. The van der Waals surface area contributed by atoms with Gasteiger partial charge in [-0.25, -0.2) is 9.29 Å². The van der Waals surface area contributed by atoms with Gasteiger partial charge in [-0.15, -0.1) is 0 Å². The van der Waals surface area contributed by atoms with Gasteiger partial charge < -0.3 is 10.1 Å². The number of nitrogens with zero attached hydrogens (tertiary/aromatic N) is 2. The summed E-state index contributed by atoms with van der Waals surface area (Å²) in [5.74, 6) is 0.995. The van der Waals surface area contributed by atoms with E-state index in [0.717, 1.165) is 41.9 Å². The van der Waals surface area contributed by atoms with E-state index < -0.39 is 0 Å². The first-order chi connectivity index (χ1) is 14.0. The molecule has 1 N–H and O–H groups in total. The Balaban J connectivity index is 1.32. The zero-order valence-electron chi connectivity index (χ0n) is 16.9. The number of aromatic nitrogens is 1. The number of carbonyl (C=O) groups is 1. The van der Waals surface area contributed by atoms with Gasteiger partial charge in [-0.1, -0.05) is 17.4 Å². The molecule has 0 saturated carbocycles. The molecule has 4 rings (SSSR count). The number of rotatable bonds is 5. The SMILES string of the molecule is COc1ccc(SN2CCC(C(=O)Nc3nc4cc(C)cc(C)c4s3)CC2)cc1. The zero-order chi connectivity index (χ0) is 20.4. The van der Waals surface area contributed by atoms with E-state index in [0.29, 0.717) is 5.13 Å². The first kappa shape index (κ1) is 20.2. The molecule has 2 heterocycles. The predicted molar refractivity (Wildman–Crippen MR) is 121 cm³/mol. The summed E-state index contributed by atoms with van der Waals surface area (Å²) < 4.78 is 8.69. The summed E-state index contributed by atoms with van der Waals surface area (Å²) in [6.07, 6.45) is 1.72. The molecule has 0 spiro atoms. The zero-order valence-corrected chi connectivity index (χ0v) is 18.5. The Bertz CT molecular complexity index is 1010. The first-order valence-corrected chi connectivity index (χ1v) is 11.4. The topological polar surface area (TPSA) is 54.5 Å². The summed E-state index contributed by atoms with van der Waals surface area (Å²) in [5.41, 5.74) is 3.37. The molecule has 5 nitrogen and oxygen atoms in total. The lowest BCUT2D eigenvalue weighted by molar-refractivity contribution is -0.120. The van der Waals surface area contributed by atoms with E-state index in [1.54, 1.807) is 30.4 Å². The lowest BCUT2D eigenvalue weighted by atomic mass is 9.97. The van der Waals surface area contributed by atoms with Crippen LogP contribution in [0, 0.1) is 19.8 Å². The number of hydrogen-bond donors (Lipinski definition) is 1.